The predicted octanol–water partition coefficient (Wildman–Crippen LogP) is 3.60. The number of likely N-dealkylation sites (tertiary alicyclic amines) is 1. The molecule has 22 heavy (non-hydrogen) atoms. The van der Waals surface area contributed by atoms with Crippen molar-refractivity contribution in [1.82, 2.24) is 10.2 Å². The standard InChI is InChI=1S/C17H25ClN2O.ClH/c18-16-5-1-2-6-17(16)21-15-7-10-20(11-8-15)13-14-4-3-9-19-12-14;/h1-2,5-6,14-15,19H,3-4,7-13H2;1H. The summed E-state index contributed by atoms with van der Waals surface area (Å²) in [6, 6.07) is 7.77. The summed E-state index contributed by atoms with van der Waals surface area (Å²) in [5.74, 6) is 1.66. The molecule has 0 aromatic heterocycles. The summed E-state index contributed by atoms with van der Waals surface area (Å²) in [5.41, 5.74) is 0. The minimum absolute atomic E-state index is 0. The van der Waals surface area contributed by atoms with Gasteiger partial charge in [0.1, 0.15) is 11.9 Å². The van der Waals surface area contributed by atoms with Gasteiger partial charge < -0.3 is 15.0 Å². The van der Waals surface area contributed by atoms with Crippen molar-refractivity contribution < 1.29 is 4.74 Å². The van der Waals surface area contributed by atoms with E-state index < -0.39 is 0 Å². The fourth-order valence-electron chi connectivity index (χ4n) is 3.37. The monoisotopic (exact) mass is 344 g/mol. The van der Waals surface area contributed by atoms with Crippen LogP contribution in [0, 0.1) is 5.92 Å². The summed E-state index contributed by atoms with van der Waals surface area (Å²) in [4.78, 5) is 2.60. The van der Waals surface area contributed by atoms with Crippen LogP contribution >= 0.6 is 24.0 Å². The highest BCUT2D eigenvalue weighted by Gasteiger charge is 2.23. The lowest BCUT2D eigenvalue weighted by atomic mass is 9.97. The second-order valence-corrected chi connectivity index (χ2v) is 6.67. The molecule has 2 aliphatic rings. The summed E-state index contributed by atoms with van der Waals surface area (Å²) in [6.07, 6.45) is 5.22. The molecule has 1 unspecified atom stereocenters. The normalized spacial score (nSPS) is 23.8. The smallest absolute Gasteiger partial charge is 0.138 e. The van der Waals surface area contributed by atoms with E-state index in [-0.39, 0.29) is 12.4 Å². The average Bonchev–Trinajstić information content (AvgIpc) is 2.52. The molecule has 0 amide bonds. The van der Waals surface area contributed by atoms with Gasteiger partial charge in [-0.3, -0.25) is 0 Å². The Morgan fingerprint density at radius 2 is 1.95 bits per heavy atom. The SMILES string of the molecule is Cl.Clc1ccccc1OC1CCN(CC2CCCNC2)CC1. The fraction of sp³-hybridized carbons (Fsp3) is 0.647. The lowest BCUT2D eigenvalue weighted by molar-refractivity contribution is 0.0880. The van der Waals surface area contributed by atoms with Gasteiger partial charge in [0.15, 0.2) is 0 Å². The number of halogens is 2. The zero-order chi connectivity index (χ0) is 14.5. The number of hydrogen-bond donors (Lipinski definition) is 1. The zero-order valence-electron chi connectivity index (χ0n) is 13.0. The molecule has 1 aromatic carbocycles. The van der Waals surface area contributed by atoms with Crippen LogP contribution in [0.15, 0.2) is 24.3 Å². The van der Waals surface area contributed by atoms with Crippen molar-refractivity contribution in [2.24, 2.45) is 5.92 Å². The Labute approximate surface area is 144 Å². The number of rotatable bonds is 4. The maximum atomic E-state index is 6.16. The number of nitrogens with zero attached hydrogens (tertiary/aromatic N) is 1. The number of ether oxygens (including phenoxy) is 1. The highest BCUT2D eigenvalue weighted by atomic mass is 35.5. The van der Waals surface area contributed by atoms with Crippen LogP contribution in [0.25, 0.3) is 0 Å². The molecule has 0 saturated carbocycles. The van der Waals surface area contributed by atoms with E-state index in [2.05, 4.69) is 10.2 Å². The number of nitrogens with one attached hydrogen (secondary N) is 1. The predicted molar refractivity (Wildman–Crippen MR) is 94.4 cm³/mol. The Hall–Kier alpha value is -0.480. The van der Waals surface area contributed by atoms with Gasteiger partial charge >= 0.3 is 0 Å². The van der Waals surface area contributed by atoms with Crippen LogP contribution in [0.5, 0.6) is 5.75 Å². The average molecular weight is 345 g/mol. The van der Waals surface area contributed by atoms with Crippen molar-refractivity contribution in [2.75, 3.05) is 32.7 Å². The van der Waals surface area contributed by atoms with Gasteiger partial charge in [0.05, 0.1) is 5.02 Å². The van der Waals surface area contributed by atoms with E-state index in [0.29, 0.717) is 11.1 Å². The van der Waals surface area contributed by atoms with E-state index in [9.17, 15) is 0 Å². The van der Waals surface area contributed by atoms with Crippen LogP contribution in [0.3, 0.4) is 0 Å². The first-order valence-electron chi connectivity index (χ1n) is 8.15. The Morgan fingerprint density at radius 1 is 1.18 bits per heavy atom. The Bertz CT molecular complexity index is 444. The van der Waals surface area contributed by atoms with Crippen molar-refractivity contribution in [1.29, 1.82) is 0 Å². The fourth-order valence-corrected chi connectivity index (χ4v) is 3.55. The van der Waals surface area contributed by atoms with Crippen molar-refractivity contribution in [3.63, 3.8) is 0 Å². The number of para-hydroxylation sites is 1. The molecule has 124 valence electrons. The van der Waals surface area contributed by atoms with Crippen molar-refractivity contribution in [3.05, 3.63) is 29.3 Å². The van der Waals surface area contributed by atoms with Gasteiger partial charge in [-0.1, -0.05) is 23.7 Å². The molecule has 0 bridgehead atoms. The third-order valence-electron chi connectivity index (χ3n) is 4.58. The van der Waals surface area contributed by atoms with E-state index in [4.69, 9.17) is 16.3 Å². The summed E-state index contributed by atoms with van der Waals surface area (Å²) in [7, 11) is 0. The molecule has 0 radical (unpaired) electrons. The molecule has 2 fully saturated rings. The highest BCUT2D eigenvalue weighted by Crippen LogP contribution is 2.27. The molecule has 1 aromatic rings. The molecule has 2 saturated heterocycles. The molecular weight excluding hydrogens is 319 g/mol. The summed E-state index contributed by atoms with van der Waals surface area (Å²) in [6.45, 7) is 5.92. The lowest BCUT2D eigenvalue weighted by Gasteiger charge is -2.35. The number of piperidine rings is 2. The van der Waals surface area contributed by atoms with Crippen molar-refractivity contribution in [3.8, 4) is 5.75 Å². The van der Waals surface area contributed by atoms with Crippen LogP contribution in [-0.4, -0.2) is 43.7 Å². The second kappa shape index (κ2) is 8.97. The van der Waals surface area contributed by atoms with Gasteiger partial charge in [0.2, 0.25) is 0 Å². The first-order chi connectivity index (χ1) is 10.3. The minimum atomic E-state index is 0. The van der Waals surface area contributed by atoms with E-state index in [1.807, 2.05) is 24.3 Å². The number of benzene rings is 1. The quantitative estimate of drug-likeness (QED) is 0.902. The molecule has 1 N–H and O–H groups in total. The molecule has 0 spiro atoms. The molecule has 0 aliphatic carbocycles. The first-order valence-corrected chi connectivity index (χ1v) is 8.53. The van der Waals surface area contributed by atoms with Gasteiger partial charge in [-0.25, -0.2) is 0 Å². The van der Waals surface area contributed by atoms with Crippen LogP contribution in [0.4, 0.5) is 0 Å². The van der Waals surface area contributed by atoms with Gasteiger partial charge in [-0.15, -0.1) is 12.4 Å². The Balaban J connectivity index is 0.00000176. The van der Waals surface area contributed by atoms with Crippen LogP contribution < -0.4 is 10.1 Å². The van der Waals surface area contributed by atoms with E-state index >= 15 is 0 Å². The summed E-state index contributed by atoms with van der Waals surface area (Å²) in [5, 5.41) is 4.22. The molecular formula is C17H26Cl2N2O. The maximum absolute atomic E-state index is 6.16. The largest absolute Gasteiger partial charge is 0.489 e. The highest BCUT2D eigenvalue weighted by molar-refractivity contribution is 6.32. The summed E-state index contributed by atoms with van der Waals surface area (Å²) < 4.78 is 6.05. The Kier molecular flexibility index (Phi) is 7.29. The van der Waals surface area contributed by atoms with Gasteiger partial charge in [0, 0.05) is 19.6 Å². The van der Waals surface area contributed by atoms with E-state index in [1.54, 1.807) is 0 Å². The van der Waals surface area contributed by atoms with E-state index in [1.165, 1.54) is 32.5 Å². The van der Waals surface area contributed by atoms with Crippen LogP contribution in [0.2, 0.25) is 5.02 Å². The maximum Gasteiger partial charge on any atom is 0.138 e. The first kappa shape index (κ1) is 17.9. The van der Waals surface area contributed by atoms with Crippen molar-refractivity contribution >= 4 is 24.0 Å². The Morgan fingerprint density at radius 3 is 2.64 bits per heavy atom. The van der Waals surface area contributed by atoms with Gasteiger partial charge in [-0.2, -0.15) is 0 Å². The van der Waals surface area contributed by atoms with Gasteiger partial charge in [-0.05, 0) is 56.8 Å². The van der Waals surface area contributed by atoms with E-state index in [0.717, 1.165) is 37.6 Å². The molecule has 1 atom stereocenters. The molecule has 2 aliphatic heterocycles. The minimum Gasteiger partial charge on any atom is -0.489 e. The molecule has 3 rings (SSSR count). The van der Waals surface area contributed by atoms with Gasteiger partial charge in [0.25, 0.3) is 0 Å². The number of hydrogen-bond acceptors (Lipinski definition) is 3. The third-order valence-corrected chi connectivity index (χ3v) is 4.89. The molecule has 2 heterocycles. The topological polar surface area (TPSA) is 24.5 Å². The second-order valence-electron chi connectivity index (χ2n) is 6.26. The van der Waals surface area contributed by atoms with Crippen LogP contribution in [-0.2, 0) is 0 Å². The zero-order valence-corrected chi connectivity index (χ0v) is 14.5. The third kappa shape index (κ3) is 5.02. The molecule has 5 heteroatoms. The molecule has 3 nitrogen and oxygen atoms in total. The van der Waals surface area contributed by atoms with Crippen LogP contribution in [0.1, 0.15) is 25.7 Å². The lowest BCUT2D eigenvalue weighted by Crippen LogP contribution is -2.43. The summed E-state index contributed by atoms with van der Waals surface area (Å²) >= 11 is 6.16. The van der Waals surface area contributed by atoms with Crippen molar-refractivity contribution in [2.45, 2.75) is 31.8 Å².